The van der Waals surface area contributed by atoms with Gasteiger partial charge in [-0.05, 0) is 31.5 Å². The molecule has 6 nitrogen and oxygen atoms in total. The first kappa shape index (κ1) is 18.5. The fourth-order valence-corrected chi connectivity index (χ4v) is 3.06. The van der Waals surface area contributed by atoms with Crippen molar-refractivity contribution in [2.75, 3.05) is 53.6 Å². The van der Waals surface area contributed by atoms with E-state index in [4.69, 9.17) is 14.6 Å². The number of carbonyl (C=O) groups is 1. The van der Waals surface area contributed by atoms with Gasteiger partial charge in [-0.3, -0.25) is 9.69 Å². The van der Waals surface area contributed by atoms with E-state index in [1.165, 1.54) is 0 Å². The second kappa shape index (κ2) is 7.85. The van der Waals surface area contributed by atoms with E-state index < -0.39 is 5.41 Å². The van der Waals surface area contributed by atoms with Gasteiger partial charge in [-0.15, -0.1) is 0 Å². The van der Waals surface area contributed by atoms with Crippen molar-refractivity contribution < 1.29 is 19.4 Å². The molecule has 0 spiro atoms. The lowest BCUT2D eigenvalue weighted by Crippen LogP contribution is -2.53. The van der Waals surface area contributed by atoms with E-state index in [1.54, 1.807) is 14.2 Å². The van der Waals surface area contributed by atoms with Gasteiger partial charge in [-0.25, -0.2) is 0 Å². The number of methoxy groups -OCH3 is 2. The molecule has 0 saturated carbocycles. The molecule has 0 atom stereocenters. The standard InChI is InChI=1S/C18H28N2O4/c1-18(2,14-5-6-15(23-3)16(13-14)24-4)17(22)20-9-7-19(8-10-20)11-12-21/h5-6,13,21H,7-12H2,1-4H3. The monoisotopic (exact) mass is 336 g/mol. The lowest BCUT2D eigenvalue weighted by Gasteiger charge is -2.38. The second-order valence-electron chi connectivity index (χ2n) is 6.55. The molecule has 134 valence electrons. The number of aliphatic hydroxyl groups is 1. The summed E-state index contributed by atoms with van der Waals surface area (Å²) in [6.07, 6.45) is 0. The summed E-state index contributed by atoms with van der Waals surface area (Å²) in [7, 11) is 3.19. The number of amides is 1. The molecule has 0 unspecified atom stereocenters. The quantitative estimate of drug-likeness (QED) is 0.843. The first-order chi connectivity index (χ1) is 11.4. The average Bonchev–Trinajstić information content (AvgIpc) is 2.61. The van der Waals surface area contributed by atoms with Crippen molar-refractivity contribution in [3.63, 3.8) is 0 Å². The first-order valence-corrected chi connectivity index (χ1v) is 8.29. The molecule has 24 heavy (non-hydrogen) atoms. The van der Waals surface area contributed by atoms with Crippen LogP contribution < -0.4 is 9.47 Å². The predicted octanol–water partition coefficient (Wildman–Crippen LogP) is 1.12. The van der Waals surface area contributed by atoms with E-state index in [1.807, 2.05) is 36.9 Å². The van der Waals surface area contributed by atoms with E-state index in [9.17, 15) is 4.79 Å². The number of hydrogen-bond donors (Lipinski definition) is 1. The Morgan fingerprint density at radius 2 is 1.75 bits per heavy atom. The SMILES string of the molecule is COc1ccc(C(C)(C)C(=O)N2CCN(CCO)CC2)cc1OC. The summed E-state index contributed by atoms with van der Waals surface area (Å²) in [6, 6.07) is 5.63. The topological polar surface area (TPSA) is 62.2 Å². The van der Waals surface area contributed by atoms with Crippen LogP contribution in [0.3, 0.4) is 0 Å². The van der Waals surface area contributed by atoms with Crippen molar-refractivity contribution in [1.29, 1.82) is 0 Å². The molecule has 1 N–H and O–H groups in total. The van der Waals surface area contributed by atoms with Gasteiger partial charge < -0.3 is 19.5 Å². The van der Waals surface area contributed by atoms with Crippen LogP contribution in [0.4, 0.5) is 0 Å². The zero-order chi connectivity index (χ0) is 17.7. The molecule has 1 fully saturated rings. The summed E-state index contributed by atoms with van der Waals surface area (Å²) in [5.41, 5.74) is 0.265. The van der Waals surface area contributed by atoms with Crippen molar-refractivity contribution in [1.82, 2.24) is 9.80 Å². The van der Waals surface area contributed by atoms with E-state index in [0.29, 0.717) is 31.1 Å². The predicted molar refractivity (Wildman–Crippen MR) is 92.7 cm³/mol. The maximum Gasteiger partial charge on any atom is 0.232 e. The molecule has 1 aromatic carbocycles. The Morgan fingerprint density at radius 3 is 2.29 bits per heavy atom. The van der Waals surface area contributed by atoms with Crippen LogP contribution in [-0.2, 0) is 10.2 Å². The van der Waals surface area contributed by atoms with Gasteiger partial charge in [0.05, 0.1) is 26.2 Å². The van der Waals surface area contributed by atoms with E-state index in [0.717, 1.165) is 18.7 Å². The lowest BCUT2D eigenvalue weighted by molar-refractivity contribution is -0.138. The van der Waals surface area contributed by atoms with E-state index in [-0.39, 0.29) is 12.5 Å². The number of nitrogens with zero attached hydrogens (tertiary/aromatic N) is 2. The largest absolute Gasteiger partial charge is 0.493 e. The minimum absolute atomic E-state index is 0.110. The fourth-order valence-electron chi connectivity index (χ4n) is 3.06. The Kier molecular flexibility index (Phi) is 6.07. The van der Waals surface area contributed by atoms with Crippen molar-refractivity contribution >= 4 is 5.91 Å². The zero-order valence-corrected chi connectivity index (χ0v) is 15.0. The van der Waals surface area contributed by atoms with Crippen molar-refractivity contribution in [2.45, 2.75) is 19.3 Å². The Hall–Kier alpha value is -1.79. The number of hydrogen-bond acceptors (Lipinski definition) is 5. The van der Waals surface area contributed by atoms with Gasteiger partial charge in [0, 0.05) is 32.7 Å². The van der Waals surface area contributed by atoms with Crippen LogP contribution in [0.5, 0.6) is 11.5 Å². The van der Waals surface area contributed by atoms with Crippen LogP contribution in [0.25, 0.3) is 0 Å². The molecule has 0 aromatic heterocycles. The summed E-state index contributed by atoms with van der Waals surface area (Å²) < 4.78 is 10.6. The second-order valence-corrected chi connectivity index (χ2v) is 6.55. The van der Waals surface area contributed by atoms with E-state index >= 15 is 0 Å². The van der Waals surface area contributed by atoms with E-state index in [2.05, 4.69) is 4.90 Å². The minimum Gasteiger partial charge on any atom is -0.493 e. The molecule has 0 aliphatic carbocycles. The van der Waals surface area contributed by atoms with Gasteiger partial charge in [0.15, 0.2) is 11.5 Å². The third-order valence-electron chi connectivity index (χ3n) is 4.72. The molecule has 1 amide bonds. The smallest absolute Gasteiger partial charge is 0.232 e. The molecular weight excluding hydrogens is 308 g/mol. The normalized spacial score (nSPS) is 16.1. The highest BCUT2D eigenvalue weighted by Gasteiger charge is 2.35. The van der Waals surface area contributed by atoms with Crippen LogP contribution in [0.15, 0.2) is 18.2 Å². The third kappa shape index (κ3) is 3.82. The highest BCUT2D eigenvalue weighted by molar-refractivity contribution is 5.87. The van der Waals surface area contributed by atoms with Crippen LogP contribution in [-0.4, -0.2) is 74.4 Å². The molecule has 1 aliphatic rings. The zero-order valence-electron chi connectivity index (χ0n) is 15.0. The minimum atomic E-state index is -0.640. The Morgan fingerprint density at radius 1 is 1.12 bits per heavy atom. The molecule has 0 bridgehead atoms. The summed E-state index contributed by atoms with van der Waals surface area (Å²) >= 11 is 0. The number of aliphatic hydroxyl groups excluding tert-OH is 1. The van der Waals surface area contributed by atoms with Gasteiger partial charge in [-0.1, -0.05) is 6.07 Å². The summed E-state index contributed by atoms with van der Waals surface area (Å²) in [5, 5.41) is 9.02. The summed E-state index contributed by atoms with van der Waals surface area (Å²) in [5.74, 6) is 1.39. The number of β-amino-alcohol motifs (C(OH)–C–C–N with tert-alkyl or cyclic N) is 1. The van der Waals surface area contributed by atoms with Gasteiger partial charge in [0.2, 0.25) is 5.91 Å². The molecule has 6 heteroatoms. The van der Waals surface area contributed by atoms with Gasteiger partial charge in [-0.2, -0.15) is 0 Å². The number of rotatable bonds is 6. The molecule has 1 saturated heterocycles. The molecule has 0 radical (unpaired) electrons. The number of ether oxygens (including phenoxy) is 2. The molecule has 2 rings (SSSR count). The summed E-state index contributed by atoms with van der Waals surface area (Å²) in [6.45, 7) is 7.69. The Labute approximate surface area is 144 Å². The Balaban J connectivity index is 2.13. The Bertz CT molecular complexity index is 566. The van der Waals surface area contributed by atoms with Crippen molar-refractivity contribution in [3.8, 4) is 11.5 Å². The van der Waals surface area contributed by atoms with Crippen LogP contribution in [0, 0.1) is 0 Å². The highest BCUT2D eigenvalue weighted by Crippen LogP contribution is 2.34. The van der Waals surface area contributed by atoms with Crippen LogP contribution >= 0.6 is 0 Å². The number of carbonyl (C=O) groups excluding carboxylic acids is 1. The van der Waals surface area contributed by atoms with Crippen molar-refractivity contribution in [3.05, 3.63) is 23.8 Å². The van der Waals surface area contributed by atoms with Gasteiger partial charge in [0.1, 0.15) is 0 Å². The molecular formula is C18H28N2O4. The molecule has 1 aliphatic heterocycles. The molecule has 1 aromatic rings. The van der Waals surface area contributed by atoms with Crippen LogP contribution in [0.2, 0.25) is 0 Å². The number of piperazine rings is 1. The third-order valence-corrected chi connectivity index (χ3v) is 4.72. The average molecular weight is 336 g/mol. The maximum atomic E-state index is 13.0. The van der Waals surface area contributed by atoms with Crippen LogP contribution in [0.1, 0.15) is 19.4 Å². The first-order valence-electron chi connectivity index (χ1n) is 8.29. The fraction of sp³-hybridized carbons (Fsp3) is 0.611. The number of benzene rings is 1. The highest BCUT2D eigenvalue weighted by atomic mass is 16.5. The lowest BCUT2D eigenvalue weighted by atomic mass is 9.82. The van der Waals surface area contributed by atoms with Crippen molar-refractivity contribution in [2.24, 2.45) is 0 Å². The maximum absolute atomic E-state index is 13.0. The summed E-state index contributed by atoms with van der Waals surface area (Å²) in [4.78, 5) is 17.1. The van der Waals surface area contributed by atoms with Gasteiger partial charge in [0.25, 0.3) is 0 Å². The molecule has 1 heterocycles. The van der Waals surface area contributed by atoms with Gasteiger partial charge >= 0.3 is 0 Å².